The Labute approximate surface area is 408 Å². The van der Waals surface area contributed by atoms with Gasteiger partial charge in [-0.2, -0.15) is 0 Å². The smallest absolute Gasteiger partial charge is 0.0541 e. The lowest BCUT2D eigenvalue weighted by molar-refractivity contribution is 1.18. The van der Waals surface area contributed by atoms with Crippen molar-refractivity contribution in [3.05, 3.63) is 279 Å². The van der Waals surface area contributed by atoms with Gasteiger partial charge in [-0.3, -0.25) is 0 Å². The van der Waals surface area contributed by atoms with Crippen molar-refractivity contribution in [1.29, 1.82) is 0 Å². The molecule has 0 unspecified atom stereocenters. The molecule has 0 spiro atoms. The molecule has 1 heterocycles. The number of anilines is 3. The highest BCUT2D eigenvalue weighted by atomic mass is 15.1. The molecule has 0 aliphatic heterocycles. The van der Waals surface area contributed by atoms with Crippen LogP contribution in [0.15, 0.2) is 279 Å². The first-order valence-corrected chi connectivity index (χ1v) is 24.1. The third kappa shape index (κ3) is 7.40. The second-order valence-electron chi connectivity index (χ2n) is 18.1. The van der Waals surface area contributed by atoms with E-state index in [2.05, 4.69) is 289 Å². The number of nitrogens with zero attached hydrogens (tertiary/aromatic N) is 2. The molecule has 0 amide bonds. The zero-order chi connectivity index (χ0) is 46.4. The van der Waals surface area contributed by atoms with E-state index in [0.717, 1.165) is 22.7 Å². The molecular formula is C68H46N2. The van der Waals surface area contributed by atoms with Crippen LogP contribution in [-0.4, -0.2) is 4.57 Å². The maximum atomic E-state index is 2.37. The van der Waals surface area contributed by atoms with Gasteiger partial charge in [0.1, 0.15) is 0 Å². The van der Waals surface area contributed by atoms with Crippen LogP contribution in [0.5, 0.6) is 0 Å². The Balaban J connectivity index is 0.843. The molecule has 70 heavy (non-hydrogen) atoms. The van der Waals surface area contributed by atoms with Crippen molar-refractivity contribution in [3.8, 4) is 61.3 Å². The van der Waals surface area contributed by atoms with Crippen LogP contribution in [0.25, 0.3) is 105 Å². The highest BCUT2D eigenvalue weighted by molar-refractivity contribution is 6.09. The van der Waals surface area contributed by atoms with Gasteiger partial charge in [0, 0.05) is 33.5 Å². The Hall–Kier alpha value is -9.24. The van der Waals surface area contributed by atoms with Crippen LogP contribution in [0.3, 0.4) is 0 Å². The summed E-state index contributed by atoms with van der Waals surface area (Å²) in [5.74, 6) is 0. The fraction of sp³-hybridized carbons (Fsp3) is 0. The van der Waals surface area contributed by atoms with E-state index < -0.39 is 0 Å². The van der Waals surface area contributed by atoms with Crippen LogP contribution in [0.1, 0.15) is 0 Å². The van der Waals surface area contributed by atoms with Crippen molar-refractivity contribution >= 4 is 60.4 Å². The monoisotopic (exact) mass is 890 g/mol. The van der Waals surface area contributed by atoms with Gasteiger partial charge in [0.25, 0.3) is 0 Å². The molecule has 0 saturated carbocycles. The molecular weight excluding hydrogens is 845 g/mol. The number of benzene rings is 12. The predicted molar refractivity (Wildman–Crippen MR) is 298 cm³/mol. The Morgan fingerprint density at radius 1 is 0.229 bits per heavy atom. The average molecular weight is 891 g/mol. The zero-order valence-corrected chi connectivity index (χ0v) is 38.5. The van der Waals surface area contributed by atoms with Gasteiger partial charge in [-0.1, -0.05) is 206 Å². The Morgan fingerprint density at radius 2 is 0.557 bits per heavy atom. The molecule has 0 radical (unpaired) electrons. The summed E-state index contributed by atoms with van der Waals surface area (Å²) in [6.07, 6.45) is 0. The lowest BCUT2D eigenvalue weighted by Gasteiger charge is -2.26. The summed E-state index contributed by atoms with van der Waals surface area (Å²) in [7, 11) is 0. The maximum Gasteiger partial charge on any atom is 0.0541 e. The molecule has 0 aliphatic rings. The van der Waals surface area contributed by atoms with Gasteiger partial charge in [-0.05, 0) is 150 Å². The molecule has 0 atom stereocenters. The minimum Gasteiger partial charge on any atom is -0.311 e. The number of hydrogen-bond acceptors (Lipinski definition) is 1. The first-order chi connectivity index (χ1) is 34.7. The Bertz CT molecular complexity index is 3800. The van der Waals surface area contributed by atoms with E-state index in [9.17, 15) is 0 Å². The summed E-state index contributed by atoms with van der Waals surface area (Å²) in [5.41, 5.74) is 18.8. The van der Waals surface area contributed by atoms with Gasteiger partial charge in [0.05, 0.1) is 11.0 Å². The summed E-state index contributed by atoms with van der Waals surface area (Å²) < 4.78 is 2.37. The van der Waals surface area contributed by atoms with Crippen LogP contribution in [0.4, 0.5) is 17.1 Å². The highest BCUT2D eigenvalue weighted by Crippen LogP contribution is 2.40. The number of rotatable bonds is 9. The lowest BCUT2D eigenvalue weighted by atomic mass is 9.95. The van der Waals surface area contributed by atoms with Crippen molar-refractivity contribution in [2.75, 3.05) is 4.90 Å². The lowest BCUT2D eigenvalue weighted by Crippen LogP contribution is -2.09. The maximum absolute atomic E-state index is 2.37. The number of hydrogen-bond donors (Lipinski definition) is 0. The quantitative estimate of drug-likeness (QED) is 0.140. The molecule has 0 aliphatic carbocycles. The molecule has 2 heteroatoms. The van der Waals surface area contributed by atoms with Crippen LogP contribution in [0, 0.1) is 0 Å². The SMILES string of the molecule is c1cc(-c2ccc(N(c3ccc(-c4ccc(-n5c6ccccc6c6ccccc65)cc4)cc3)c3ccc(-c4cccc(-c5cccc6ccccc56)c4)cc3)cc2)cc(-c2cccc3ccccc23)c1. The molecule has 0 N–H and O–H groups in total. The fourth-order valence-electron chi connectivity index (χ4n) is 10.5. The topological polar surface area (TPSA) is 8.17 Å². The normalized spacial score (nSPS) is 11.4. The Morgan fingerprint density at radius 3 is 1.00 bits per heavy atom. The Kier molecular flexibility index (Phi) is 10.2. The van der Waals surface area contributed by atoms with Crippen LogP contribution in [-0.2, 0) is 0 Å². The molecule has 12 aromatic carbocycles. The molecule has 0 saturated heterocycles. The summed E-state index contributed by atoms with van der Waals surface area (Å²) >= 11 is 0. The van der Waals surface area contributed by atoms with Gasteiger partial charge in [0.2, 0.25) is 0 Å². The van der Waals surface area contributed by atoms with Gasteiger partial charge < -0.3 is 9.47 Å². The van der Waals surface area contributed by atoms with Gasteiger partial charge in [0.15, 0.2) is 0 Å². The predicted octanol–water partition coefficient (Wildman–Crippen LogP) is 18.9. The van der Waals surface area contributed by atoms with E-state index in [-0.39, 0.29) is 0 Å². The molecule has 0 fully saturated rings. The van der Waals surface area contributed by atoms with Crippen molar-refractivity contribution in [1.82, 2.24) is 4.57 Å². The molecule has 13 rings (SSSR count). The van der Waals surface area contributed by atoms with Crippen molar-refractivity contribution in [3.63, 3.8) is 0 Å². The minimum absolute atomic E-state index is 1.09. The van der Waals surface area contributed by atoms with E-state index in [1.807, 2.05) is 0 Å². The van der Waals surface area contributed by atoms with Crippen LogP contribution < -0.4 is 4.90 Å². The van der Waals surface area contributed by atoms with Crippen LogP contribution >= 0.6 is 0 Å². The van der Waals surface area contributed by atoms with Gasteiger partial charge in [-0.25, -0.2) is 0 Å². The number of para-hydroxylation sites is 2. The second kappa shape index (κ2) is 17.4. The summed E-state index contributed by atoms with van der Waals surface area (Å²) in [6.45, 7) is 0. The van der Waals surface area contributed by atoms with Gasteiger partial charge in [-0.15, -0.1) is 0 Å². The third-order valence-corrected chi connectivity index (χ3v) is 14.0. The number of fused-ring (bicyclic) bond motifs is 5. The van der Waals surface area contributed by atoms with Crippen molar-refractivity contribution in [2.24, 2.45) is 0 Å². The van der Waals surface area contributed by atoms with Crippen molar-refractivity contribution in [2.45, 2.75) is 0 Å². The first-order valence-electron chi connectivity index (χ1n) is 24.1. The van der Waals surface area contributed by atoms with Crippen molar-refractivity contribution < 1.29 is 0 Å². The molecule has 0 bridgehead atoms. The van der Waals surface area contributed by atoms with Crippen LogP contribution in [0.2, 0.25) is 0 Å². The standard InChI is InChI=1S/C68H46N2/c1-3-21-61-51(13-1)15-11-25-63(61)55-19-9-17-53(45-55)49-33-39-58(40-34-49)69(59-41-35-50(36-42-59)54-18-10-20-56(46-54)64-26-12-16-52-14-2-4-22-62(52)64)57-37-29-47(30-38-57)48-31-43-60(44-32-48)70-67-27-7-5-23-65(67)66-24-6-8-28-68(66)70/h1-46H. The third-order valence-electron chi connectivity index (χ3n) is 14.0. The molecule has 13 aromatic rings. The second-order valence-corrected chi connectivity index (χ2v) is 18.1. The average Bonchev–Trinajstić information content (AvgIpc) is 3.78. The van der Waals surface area contributed by atoms with E-state index in [1.165, 1.54) is 99.0 Å². The van der Waals surface area contributed by atoms with E-state index in [1.54, 1.807) is 0 Å². The van der Waals surface area contributed by atoms with Gasteiger partial charge >= 0.3 is 0 Å². The number of aromatic nitrogens is 1. The molecule has 2 nitrogen and oxygen atoms in total. The fourth-order valence-corrected chi connectivity index (χ4v) is 10.5. The molecule has 1 aromatic heterocycles. The van der Waals surface area contributed by atoms with E-state index in [0.29, 0.717) is 0 Å². The summed E-state index contributed by atoms with van der Waals surface area (Å²) in [5, 5.41) is 7.56. The summed E-state index contributed by atoms with van der Waals surface area (Å²) in [4.78, 5) is 2.36. The van der Waals surface area contributed by atoms with E-state index in [4.69, 9.17) is 0 Å². The zero-order valence-electron chi connectivity index (χ0n) is 38.5. The highest BCUT2D eigenvalue weighted by Gasteiger charge is 2.16. The largest absolute Gasteiger partial charge is 0.311 e. The molecule has 328 valence electrons. The van der Waals surface area contributed by atoms with E-state index >= 15 is 0 Å². The minimum atomic E-state index is 1.09. The first kappa shape index (κ1) is 41.0. The summed E-state index contributed by atoms with van der Waals surface area (Å²) in [6, 6.07) is 102.